The molecule has 5 heteroatoms. The van der Waals surface area contributed by atoms with Gasteiger partial charge in [0.15, 0.2) is 0 Å². The van der Waals surface area contributed by atoms with Crippen LogP contribution in [-0.2, 0) is 16.0 Å². The molecule has 1 fully saturated rings. The fourth-order valence-electron chi connectivity index (χ4n) is 3.42. The van der Waals surface area contributed by atoms with Crippen molar-refractivity contribution in [2.24, 2.45) is 5.73 Å². The Morgan fingerprint density at radius 3 is 2.84 bits per heavy atom. The number of thiophene rings is 1. The van der Waals surface area contributed by atoms with Crippen LogP contribution in [0.15, 0.2) is 29.6 Å². The Bertz CT molecular complexity index is 677. The predicted molar refractivity (Wildman–Crippen MR) is 104 cm³/mol. The zero-order chi connectivity index (χ0) is 17.5. The SMILES string of the molecule is NCCCOC1CCN(C(=O)CCCc2csc3ccccc23)CC1. The van der Waals surface area contributed by atoms with Crippen molar-refractivity contribution in [3.63, 3.8) is 0 Å². The number of carbonyl (C=O) groups excluding carboxylic acids is 1. The van der Waals surface area contributed by atoms with Gasteiger partial charge in [-0.05, 0) is 61.0 Å². The van der Waals surface area contributed by atoms with E-state index < -0.39 is 0 Å². The van der Waals surface area contributed by atoms with Crippen LogP contribution in [0.1, 0.15) is 37.7 Å². The van der Waals surface area contributed by atoms with Crippen LogP contribution in [0.3, 0.4) is 0 Å². The van der Waals surface area contributed by atoms with Crippen molar-refractivity contribution in [3.8, 4) is 0 Å². The van der Waals surface area contributed by atoms with E-state index in [-0.39, 0.29) is 0 Å². The largest absolute Gasteiger partial charge is 0.378 e. The van der Waals surface area contributed by atoms with Crippen LogP contribution in [0.4, 0.5) is 0 Å². The zero-order valence-electron chi connectivity index (χ0n) is 14.8. The second-order valence-corrected chi connectivity index (χ2v) is 7.62. The number of fused-ring (bicyclic) bond motifs is 1. The van der Waals surface area contributed by atoms with Gasteiger partial charge in [0.05, 0.1) is 6.10 Å². The molecule has 0 aliphatic carbocycles. The highest BCUT2D eigenvalue weighted by Gasteiger charge is 2.22. The zero-order valence-corrected chi connectivity index (χ0v) is 15.6. The van der Waals surface area contributed by atoms with Crippen LogP contribution in [0.2, 0.25) is 0 Å². The Hall–Kier alpha value is -1.43. The van der Waals surface area contributed by atoms with Gasteiger partial charge in [-0.1, -0.05) is 18.2 Å². The topological polar surface area (TPSA) is 55.6 Å². The molecule has 4 nitrogen and oxygen atoms in total. The summed E-state index contributed by atoms with van der Waals surface area (Å²) in [6, 6.07) is 8.51. The molecule has 0 atom stereocenters. The van der Waals surface area contributed by atoms with Gasteiger partial charge >= 0.3 is 0 Å². The number of piperidine rings is 1. The molecule has 1 saturated heterocycles. The molecule has 1 aromatic carbocycles. The van der Waals surface area contributed by atoms with Gasteiger partial charge in [-0.2, -0.15) is 0 Å². The summed E-state index contributed by atoms with van der Waals surface area (Å²) < 4.78 is 7.14. The lowest BCUT2D eigenvalue weighted by molar-refractivity contribution is -0.133. The van der Waals surface area contributed by atoms with Crippen molar-refractivity contribution in [1.29, 1.82) is 0 Å². The minimum absolute atomic E-state index is 0.292. The number of nitrogens with two attached hydrogens (primary N) is 1. The van der Waals surface area contributed by atoms with Gasteiger partial charge in [0.25, 0.3) is 0 Å². The van der Waals surface area contributed by atoms with Crippen LogP contribution in [-0.4, -0.2) is 43.2 Å². The summed E-state index contributed by atoms with van der Waals surface area (Å²) in [6.07, 6.45) is 5.66. The molecule has 0 saturated carbocycles. The number of aryl methyl sites for hydroxylation is 1. The second kappa shape index (κ2) is 9.32. The average Bonchev–Trinajstić information content (AvgIpc) is 3.06. The van der Waals surface area contributed by atoms with Crippen molar-refractivity contribution in [1.82, 2.24) is 4.90 Å². The monoisotopic (exact) mass is 360 g/mol. The Morgan fingerprint density at radius 2 is 2.04 bits per heavy atom. The number of rotatable bonds is 8. The molecule has 3 rings (SSSR count). The van der Waals surface area contributed by atoms with Crippen LogP contribution >= 0.6 is 11.3 Å². The van der Waals surface area contributed by atoms with Crippen molar-refractivity contribution in [3.05, 3.63) is 35.2 Å². The molecule has 1 aromatic heterocycles. The third kappa shape index (κ3) is 5.03. The van der Waals surface area contributed by atoms with Crippen molar-refractivity contribution < 1.29 is 9.53 Å². The van der Waals surface area contributed by atoms with Crippen LogP contribution in [0.5, 0.6) is 0 Å². The lowest BCUT2D eigenvalue weighted by atomic mass is 10.0. The molecular formula is C20H28N2O2S. The maximum Gasteiger partial charge on any atom is 0.222 e. The number of likely N-dealkylation sites (tertiary alicyclic amines) is 1. The fourth-order valence-corrected chi connectivity index (χ4v) is 4.42. The van der Waals surface area contributed by atoms with E-state index in [0.717, 1.165) is 51.8 Å². The summed E-state index contributed by atoms with van der Waals surface area (Å²) in [6.45, 7) is 3.07. The van der Waals surface area contributed by atoms with Gasteiger partial charge in [0, 0.05) is 30.8 Å². The van der Waals surface area contributed by atoms with Crippen LogP contribution in [0, 0.1) is 0 Å². The third-order valence-corrected chi connectivity index (χ3v) is 5.91. The first-order chi connectivity index (χ1) is 12.3. The molecule has 1 aliphatic rings. The van der Waals surface area contributed by atoms with E-state index in [9.17, 15) is 4.79 Å². The van der Waals surface area contributed by atoms with Crippen molar-refractivity contribution in [2.45, 2.75) is 44.6 Å². The maximum absolute atomic E-state index is 12.4. The summed E-state index contributed by atoms with van der Waals surface area (Å²) in [4.78, 5) is 14.4. The smallest absolute Gasteiger partial charge is 0.222 e. The van der Waals surface area contributed by atoms with Gasteiger partial charge in [0.1, 0.15) is 0 Å². The highest BCUT2D eigenvalue weighted by molar-refractivity contribution is 7.17. The molecule has 1 amide bonds. The standard InChI is InChI=1S/C20H28N2O2S/c21-11-4-14-24-17-9-12-22(13-10-17)20(23)8-3-5-16-15-25-19-7-2-1-6-18(16)19/h1-2,6-7,15,17H,3-5,8-14,21H2. The fraction of sp³-hybridized carbons (Fsp3) is 0.550. The Labute approximate surface area is 154 Å². The number of hydrogen-bond acceptors (Lipinski definition) is 4. The van der Waals surface area contributed by atoms with Gasteiger partial charge in [-0.15, -0.1) is 11.3 Å². The number of amides is 1. The first-order valence-electron chi connectivity index (χ1n) is 9.32. The molecule has 0 spiro atoms. The summed E-state index contributed by atoms with van der Waals surface area (Å²) in [7, 11) is 0. The van der Waals surface area contributed by atoms with Gasteiger partial charge < -0.3 is 15.4 Å². The molecule has 136 valence electrons. The average molecular weight is 361 g/mol. The predicted octanol–water partition coefficient (Wildman–Crippen LogP) is 3.58. The molecule has 2 heterocycles. The molecule has 0 bridgehead atoms. The molecule has 2 aromatic rings. The summed E-state index contributed by atoms with van der Waals surface area (Å²) in [5.41, 5.74) is 6.86. The normalized spacial score (nSPS) is 15.8. The number of nitrogens with zero attached hydrogens (tertiary/aromatic N) is 1. The molecule has 2 N–H and O–H groups in total. The number of hydrogen-bond donors (Lipinski definition) is 1. The van der Waals surface area contributed by atoms with Gasteiger partial charge in [-0.3, -0.25) is 4.79 Å². The van der Waals surface area contributed by atoms with Crippen LogP contribution in [0.25, 0.3) is 10.1 Å². The quantitative estimate of drug-likeness (QED) is 0.732. The number of ether oxygens (including phenoxy) is 1. The van der Waals surface area contributed by atoms with E-state index in [0.29, 0.717) is 25.0 Å². The van der Waals surface area contributed by atoms with E-state index in [1.807, 2.05) is 4.90 Å². The second-order valence-electron chi connectivity index (χ2n) is 6.70. The van der Waals surface area contributed by atoms with E-state index in [1.165, 1.54) is 15.6 Å². The van der Waals surface area contributed by atoms with E-state index >= 15 is 0 Å². The maximum atomic E-state index is 12.4. The first-order valence-corrected chi connectivity index (χ1v) is 10.2. The van der Waals surface area contributed by atoms with Crippen LogP contribution < -0.4 is 5.73 Å². The summed E-state index contributed by atoms with van der Waals surface area (Å²) >= 11 is 1.79. The van der Waals surface area contributed by atoms with Crippen molar-refractivity contribution >= 4 is 27.3 Å². The minimum atomic E-state index is 0.292. The van der Waals surface area contributed by atoms with E-state index in [4.69, 9.17) is 10.5 Å². The third-order valence-electron chi connectivity index (χ3n) is 4.89. The molecule has 0 unspecified atom stereocenters. The molecular weight excluding hydrogens is 332 g/mol. The van der Waals surface area contributed by atoms with E-state index in [1.54, 1.807) is 11.3 Å². The lowest BCUT2D eigenvalue weighted by Crippen LogP contribution is -2.41. The molecule has 1 aliphatic heterocycles. The number of carbonyl (C=O) groups is 1. The Kier molecular flexibility index (Phi) is 6.84. The Morgan fingerprint density at radius 1 is 1.24 bits per heavy atom. The van der Waals surface area contributed by atoms with Crippen molar-refractivity contribution in [2.75, 3.05) is 26.2 Å². The summed E-state index contributed by atoms with van der Waals surface area (Å²) in [5, 5.41) is 3.58. The van der Waals surface area contributed by atoms with Gasteiger partial charge in [0.2, 0.25) is 5.91 Å². The molecule has 0 radical (unpaired) electrons. The van der Waals surface area contributed by atoms with Gasteiger partial charge in [-0.25, -0.2) is 0 Å². The molecule has 25 heavy (non-hydrogen) atoms. The van der Waals surface area contributed by atoms with E-state index in [2.05, 4.69) is 29.6 Å². The lowest BCUT2D eigenvalue weighted by Gasteiger charge is -2.32. The summed E-state index contributed by atoms with van der Waals surface area (Å²) in [5.74, 6) is 0.292. The Balaban J connectivity index is 1.38. The first kappa shape index (κ1) is 18.4. The number of benzene rings is 1. The highest BCUT2D eigenvalue weighted by atomic mass is 32.1. The minimum Gasteiger partial charge on any atom is -0.378 e. The highest BCUT2D eigenvalue weighted by Crippen LogP contribution is 2.27.